The minimum atomic E-state index is -1.95. The van der Waals surface area contributed by atoms with Gasteiger partial charge >= 0.3 is 29.8 Å². The van der Waals surface area contributed by atoms with Crippen LogP contribution in [0.4, 0.5) is 0 Å². The maximum absolute atomic E-state index is 13.5. The molecule has 2 bridgehead atoms. The van der Waals surface area contributed by atoms with Crippen LogP contribution < -0.4 is 0 Å². The average molecular weight is 581 g/mol. The molecular weight excluding hydrogens is 544 g/mol. The van der Waals surface area contributed by atoms with Gasteiger partial charge in [0.15, 0.2) is 12.2 Å². The summed E-state index contributed by atoms with van der Waals surface area (Å²) in [6.45, 7) is 8.91. The van der Waals surface area contributed by atoms with E-state index in [-0.39, 0.29) is 18.4 Å². The lowest BCUT2D eigenvalue weighted by atomic mass is 9.47. The molecule has 2 heterocycles. The van der Waals surface area contributed by atoms with Crippen LogP contribution in [0.25, 0.3) is 0 Å². The molecule has 1 saturated heterocycles. The van der Waals surface area contributed by atoms with Gasteiger partial charge in [0.1, 0.15) is 36.1 Å². The summed E-state index contributed by atoms with van der Waals surface area (Å²) in [4.78, 5) is 63.1. The maximum Gasteiger partial charge on any atom is 0.341 e. The number of carbonyl (C=O) groups excluding carboxylic acids is 5. The molecule has 226 valence electrons. The predicted octanol–water partition coefficient (Wildman–Crippen LogP) is 1.87. The average Bonchev–Trinajstić information content (AvgIpc) is 3.45. The highest BCUT2D eigenvalue weighted by Gasteiger charge is 2.84. The second-order valence-corrected chi connectivity index (χ2v) is 11.7. The summed E-state index contributed by atoms with van der Waals surface area (Å²) in [6.07, 6.45) is -3.36. The third kappa shape index (κ3) is 4.99. The lowest BCUT2D eigenvalue weighted by molar-refractivity contribution is -0.343. The first-order valence-corrected chi connectivity index (χ1v) is 13.3. The molecular formula is C28H36O13. The zero-order valence-electron chi connectivity index (χ0n) is 24.1. The predicted molar refractivity (Wildman–Crippen MR) is 135 cm³/mol. The fourth-order valence-corrected chi connectivity index (χ4v) is 7.12. The van der Waals surface area contributed by atoms with Crippen molar-refractivity contribution < 1.29 is 61.9 Å². The summed E-state index contributed by atoms with van der Waals surface area (Å²) in [7, 11) is 0. The summed E-state index contributed by atoms with van der Waals surface area (Å²) in [5.41, 5.74) is -6.59. The van der Waals surface area contributed by atoms with Gasteiger partial charge in [-0.2, -0.15) is 0 Å². The van der Waals surface area contributed by atoms with E-state index in [1.165, 1.54) is 26.2 Å². The van der Waals surface area contributed by atoms with Crippen LogP contribution in [0.3, 0.4) is 0 Å². The smallest absolute Gasteiger partial charge is 0.341 e. The van der Waals surface area contributed by atoms with E-state index in [4.69, 9.17) is 32.8 Å². The van der Waals surface area contributed by atoms with Crippen LogP contribution in [0.1, 0.15) is 71.7 Å². The molecule has 3 fully saturated rings. The number of rotatable bonds is 7. The molecule has 2 aliphatic carbocycles. The molecule has 13 heteroatoms. The molecule has 13 nitrogen and oxygen atoms in total. The molecule has 0 amide bonds. The summed E-state index contributed by atoms with van der Waals surface area (Å²) >= 11 is 0. The number of fused-ring (bicyclic) bond motifs is 1. The normalized spacial score (nSPS) is 36.8. The van der Waals surface area contributed by atoms with Crippen molar-refractivity contribution in [3.8, 4) is 0 Å². The van der Waals surface area contributed by atoms with Gasteiger partial charge in [0.05, 0.1) is 23.0 Å². The Balaban J connectivity index is 2.07. The highest BCUT2D eigenvalue weighted by atomic mass is 16.6. The molecule has 1 aromatic heterocycles. The van der Waals surface area contributed by atoms with Crippen LogP contribution in [0.2, 0.25) is 0 Å². The fraction of sp³-hybridized carbons (Fsp3) is 0.679. The first-order chi connectivity index (χ1) is 19.0. The Morgan fingerprint density at radius 2 is 1.51 bits per heavy atom. The number of hydrogen-bond donors (Lipinski definition) is 1. The van der Waals surface area contributed by atoms with E-state index < -0.39 is 89.0 Å². The molecule has 1 spiro atoms. The molecule has 8 atom stereocenters. The number of carbonyl (C=O) groups is 5. The lowest BCUT2D eigenvalue weighted by Crippen LogP contribution is -2.81. The van der Waals surface area contributed by atoms with Gasteiger partial charge in [-0.25, -0.2) is 4.79 Å². The molecule has 0 radical (unpaired) electrons. The number of ether oxygens (including phenoxy) is 6. The third-order valence-electron chi connectivity index (χ3n) is 8.52. The summed E-state index contributed by atoms with van der Waals surface area (Å²) in [6, 6.07) is 1.36. The van der Waals surface area contributed by atoms with E-state index in [1.807, 2.05) is 0 Å². The molecule has 0 unspecified atom stereocenters. The number of hydrogen-bond acceptors (Lipinski definition) is 13. The van der Waals surface area contributed by atoms with Crippen LogP contribution in [-0.2, 0) is 47.6 Å². The Kier molecular flexibility index (Phi) is 7.76. The van der Waals surface area contributed by atoms with Gasteiger partial charge in [-0.15, -0.1) is 0 Å². The maximum atomic E-state index is 13.5. The highest BCUT2D eigenvalue weighted by molar-refractivity contribution is 5.89. The highest BCUT2D eigenvalue weighted by Crippen LogP contribution is 2.68. The number of esters is 5. The van der Waals surface area contributed by atoms with Crippen molar-refractivity contribution in [2.75, 3.05) is 6.61 Å². The van der Waals surface area contributed by atoms with Crippen LogP contribution in [0, 0.1) is 11.3 Å². The van der Waals surface area contributed by atoms with Gasteiger partial charge in [-0.1, -0.05) is 0 Å². The van der Waals surface area contributed by atoms with E-state index in [0.717, 1.165) is 27.0 Å². The van der Waals surface area contributed by atoms with Crippen molar-refractivity contribution in [1.29, 1.82) is 0 Å². The molecule has 2 saturated carbocycles. The van der Waals surface area contributed by atoms with Crippen molar-refractivity contribution in [3.63, 3.8) is 0 Å². The Morgan fingerprint density at radius 3 is 2.05 bits per heavy atom. The van der Waals surface area contributed by atoms with E-state index in [9.17, 15) is 29.1 Å². The van der Waals surface area contributed by atoms with E-state index in [0.29, 0.717) is 0 Å². The van der Waals surface area contributed by atoms with Crippen LogP contribution in [0.5, 0.6) is 0 Å². The number of furan rings is 1. The van der Waals surface area contributed by atoms with Gasteiger partial charge in [-0.05, 0) is 33.3 Å². The largest absolute Gasteiger partial charge is 0.472 e. The Bertz CT molecular complexity index is 1220. The Morgan fingerprint density at radius 1 is 0.878 bits per heavy atom. The van der Waals surface area contributed by atoms with Crippen LogP contribution in [-0.4, -0.2) is 82.8 Å². The van der Waals surface area contributed by atoms with Crippen molar-refractivity contribution in [2.45, 2.75) is 103 Å². The molecule has 1 aromatic rings. The first-order valence-electron chi connectivity index (χ1n) is 13.3. The van der Waals surface area contributed by atoms with E-state index >= 15 is 0 Å². The quantitative estimate of drug-likeness (QED) is 0.366. The summed E-state index contributed by atoms with van der Waals surface area (Å²) < 4.78 is 40.6. The Hall–Kier alpha value is -3.45. The second kappa shape index (κ2) is 10.4. The van der Waals surface area contributed by atoms with Crippen molar-refractivity contribution in [2.24, 2.45) is 11.3 Å². The third-order valence-corrected chi connectivity index (χ3v) is 8.52. The van der Waals surface area contributed by atoms with Gasteiger partial charge in [0.25, 0.3) is 0 Å². The molecule has 4 rings (SSSR count). The second-order valence-electron chi connectivity index (χ2n) is 11.7. The topological polar surface area (TPSA) is 174 Å². The minimum Gasteiger partial charge on any atom is -0.472 e. The molecule has 41 heavy (non-hydrogen) atoms. The van der Waals surface area contributed by atoms with E-state index in [1.54, 1.807) is 13.8 Å². The SMILES string of the molecule is CC(=O)OC[C@]12[C@H](OC(=O)c3ccoc3)[C@H](OC(C)=O)[C@@H]3C[C@]1(OC3(C)C)[C@@](C)(O)C[C@H](OC(C)=O)[C@@H]2OC(C)=O. The lowest BCUT2D eigenvalue weighted by Gasteiger charge is -2.65. The first kappa shape index (κ1) is 30.5. The fourth-order valence-electron chi connectivity index (χ4n) is 7.12. The van der Waals surface area contributed by atoms with Gasteiger partial charge in [-0.3, -0.25) is 19.2 Å². The molecule has 1 aliphatic heterocycles. The van der Waals surface area contributed by atoms with Gasteiger partial charge in [0.2, 0.25) is 0 Å². The summed E-state index contributed by atoms with van der Waals surface area (Å²) in [5.74, 6) is -4.53. The zero-order valence-corrected chi connectivity index (χ0v) is 24.1. The van der Waals surface area contributed by atoms with Gasteiger partial charge < -0.3 is 37.9 Å². The van der Waals surface area contributed by atoms with Crippen LogP contribution in [0.15, 0.2) is 23.0 Å². The van der Waals surface area contributed by atoms with Crippen molar-refractivity contribution in [3.05, 3.63) is 24.2 Å². The number of aliphatic hydroxyl groups is 1. The molecule has 3 aliphatic rings. The Labute approximate surface area is 236 Å². The zero-order chi connectivity index (χ0) is 30.5. The minimum absolute atomic E-state index is 0.0181. The molecule has 1 N–H and O–H groups in total. The van der Waals surface area contributed by atoms with Crippen molar-refractivity contribution in [1.82, 2.24) is 0 Å². The van der Waals surface area contributed by atoms with Crippen molar-refractivity contribution >= 4 is 29.8 Å². The summed E-state index contributed by atoms with van der Waals surface area (Å²) in [5, 5.41) is 12.2. The van der Waals surface area contributed by atoms with Crippen LogP contribution >= 0.6 is 0 Å². The van der Waals surface area contributed by atoms with E-state index in [2.05, 4.69) is 0 Å². The molecule has 0 aromatic carbocycles. The van der Waals surface area contributed by atoms with Gasteiger partial charge in [0, 0.05) is 40.0 Å². The standard InChI is InChI=1S/C28H36O13/c1-14(29)36-13-27-22(39-17(4)32)20(37-15(2)30)11-26(7,34)28(27)10-19(25(5,6)41-28)21(38-16(3)31)23(27)40-24(33)18-8-9-35-12-18/h8-9,12,19-23,34H,10-11,13H2,1-7H3/t19-,20-,21+,22-,23+,26-,27-,28-/m0/s1. The monoisotopic (exact) mass is 580 g/mol.